The van der Waals surface area contributed by atoms with Gasteiger partial charge in [-0.05, 0) is 37.1 Å². The highest BCUT2D eigenvalue weighted by Crippen LogP contribution is 2.25. The van der Waals surface area contributed by atoms with Crippen molar-refractivity contribution in [1.82, 2.24) is 9.30 Å². The molecule has 0 unspecified atom stereocenters. The number of carbonyl (C=O) groups is 1. The largest absolute Gasteiger partial charge is 0.522 e. The Morgan fingerprint density at radius 3 is 2.55 bits per heavy atom. The van der Waals surface area contributed by atoms with Crippen molar-refractivity contribution < 1.29 is 22.7 Å². The lowest BCUT2D eigenvalue weighted by atomic mass is 10.1. The van der Waals surface area contributed by atoms with Gasteiger partial charge in [0.1, 0.15) is 5.69 Å². The van der Waals surface area contributed by atoms with Gasteiger partial charge in [-0.2, -0.15) is 0 Å². The zero-order chi connectivity index (χ0) is 15.7. The first-order chi connectivity index (χ1) is 10.4. The molecule has 4 nitrogen and oxygen atoms in total. The monoisotopic (exact) mass is 312 g/mol. The molecule has 1 fully saturated rings. The maximum absolute atomic E-state index is 12.5. The normalized spacial score (nSPS) is 17.1. The zero-order valence-corrected chi connectivity index (χ0v) is 11.7. The van der Waals surface area contributed by atoms with Crippen LogP contribution in [0.3, 0.4) is 0 Å². The van der Waals surface area contributed by atoms with Crippen LogP contribution in [-0.4, -0.2) is 40.8 Å². The number of halogens is 3. The van der Waals surface area contributed by atoms with Crippen molar-refractivity contribution in [2.45, 2.75) is 25.3 Å². The first-order valence-corrected chi connectivity index (χ1v) is 7.04. The van der Waals surface area contributed by atoms with Crippen molar-refractivity contribution in [2.75, 3.05) is 13.1 Å². The fourth-order valence-corrected chi connectivity index (χ4v) is 2.76. The Labute approximate surface area is 125 Å². The SMILES string of the molecule is O=C(c1ccc2ccccn12)N1CCC(OC(F)(F)F)CC1. The number of piperidine rings is 1. The molecule has 1 amide bonds. The summed E-state index contributed by atoms with van der Waals surface area (Å²) in [7, 11) is 0. The van der Waals surface area contributed by atoms with Crippen LogP contribution in [-0.2, 0) is 4.74 Å². The topological polar surface area (TPSA) is 34.0 Å². The van der Waals surface area contributed by atoms with Crippen molar-refractivity contribution in [3.63, 3.8) is 0 Å². The molecule has 2 aromatic rings. The summed E-state index contributed by atoms with van der Waals surface area (Å²) >= 11 is 0. The molecule has 0 N–H and O–H groups in total. The number of carbonyl (C=O) groups excluding carboxylic acids is 1. The van der Waals surface area contributed by atoms with Gasteiger partial charge >= 0.3 is 6.36 Å². The molecule has 7 heteroatoms. The quantitative estimate of drug-likeness (QED) is 0.854. The molecule has 0 atom stereocenters. The van der Waals surface area contributed by atoms with Crippen molar-refractivity contribution >= 4 is 11.4 Å². The molecule has 22 heavy (non-hydrogen) atoms. The molecule has 118 valence electrons. The van der Waals surface area contributed by atoms with Crippen molar-refractivity contribution in [3.05, 3.63) is 42.2 Å². The van der Waals surface area contributed by atoms with Crippen LogP contribution in [0.2, 0.25) is 0 Å². The predicted octanol–water partition coefficient (Wildman–Crippen LogP) is 3.08. The Bertz CT molecular complexity index is 673. The van der Waals surface area contributed by atoms with Crippen LogP contribution in [0.25, 0.3) is 5.52 Å². The lowest BCUT2D eigenvalue weighted by molar-refractivity contribution is -0.345. The number of aromatic nitrogens is 1. The number of nitrogens with zero attached hydrogens (tertiary/aromatic N) is 2. The summed E-state index contributed by atoms with van der Waals surface area (Å²) in [6.07, 6.45) is -3.31. The smallest absolute Gasteiger partial charge is 0.337 e. The second-order valence-corrected chi connectivity index (χ2v) is 5.27. The molecule has 0 aliphatic carbocycles. The minimum absolute atomic E-state index is 0.170. The Morgan fingerprint density at radius 2 is 1.86 bits per heavy atom. The number of ether oxygens (including phenoxy) is 1. The highest BCUT2D eigenvalue weighted by atomic mass is 19.4. The van der Waals surface area contributed by atoms with Crippen LogP contribution in [0.1, 0.15) is 23.3 Å². The van der Waals surface area contributed by atoms with E-state index in [0.717, 1.165) is 5.52 Å². The number of hydrogen-bond donors (Lipinski definition) is 0. The molecule has 0 aromatic carbocycles. The van der Waals surface area contributed by atoms with Crippen molar-refractivity contribution in [2.24, 2.45) is 0 Å². The van der Waals surface area contributed by atoms with E-state index in [4.69, 9.17) is 0 Å². The van der Waals surface area contributed by atoms with E-state index in [0.29, 0.717) is 5.69 Å². The van der Waals surface area contributed by atoms with E-state index in [-0.39, 0.29) is 31.8 Å². The number of alkyl halides is 3. The fourth-order valence-electron chi connectivity index (χ4n) is 2.76. The van der Waals surface area contributed by atoms with Gasteiger partial charge < -0.3 is 9.30 Å². The van der Waals surface area contributed by atoms with E-state index in [2.05, 4.69) is 4.74 Å². The maximum Gasteiger partial charge on any atom is 0.522 e. The van der Waals surface area contributed by atoms with Gasteiger partial charge in [-0.15, -0.1) is 13.2 Å². The number of pyridine rings is 1. The molecule has 3 rings (SSSR count). The van der Waals surface area contributed by atoms with Gasteiger partial charge in [0, 0.05) is 24.8 Å². The van der Waals surface area contributed by atoms with Crippen LogP contribution < -0.4 is 0 Å². The molecular weight excluding hydrogens is 297 g/mol. The van der Waals surface area contributed by atoms with Crippen LogP contribution >= 0.6 is 0 Å². The van der Waals surface area contributed by atoms with Gasteiger partial charge in [0.2, 0.25) is 0 Å². The number of likely N-dealkylation sites (tertiary alicyclic amines) is 1. The summed E-state index contributed by atoms with van der Waals surface area (Å²) < 4.78 is 42.4. The highest BCUT2D eigenvalue weighted by Gasteiger charge is 2.35. The second-order valence-electron chi connectivity index (χ2n) is 5.27. The number of amides is 1. The summed E-state index contributed by atoms with van der Waals surface area (Å²) in [5.74, 6) is -0.170. The molecule has 0 radical (unpaired) electrons. The van der Waals surface area contributed by atoms with Gasteiger partial charge in [-0.25, -0.2) is 0 Å². The molecule has 0 bridgehead atoms. The van der Waals surface area contributed by atoms with Crippen LogP contribution in [0, 0.1) is 0 Å². The average molecular weight is 312 g/mol. The minimum Gasteiger partial charge on any atom is -0.337 e. The first-order valence-electron chi connectivity index (χ1n) is 7.04. The van der Waals surface area contributed by atoms with Gasteiger partial charge in [0.05, 0.1) is 6.10 Å². The van der Waals surface area contributed by atoms with E-state index >= 15 is 0 Å². The number of fused-ring (bicyclic) bond motifs is 1. The molecule has 1 aliphatic heterocycles. The summed E-state index contributed by atoms with van der Waals surface area (Å²) in [5.41, 5.74) is 1.42. The van der Waals surface area contributed by atoms with E-state index < -0.39 is 12.5 Å². The van der Waals surface area contributed by atoms with Crippen LogP contribution in [0.4, 0.5) is 13.2 Å². The number of rotatable bonds is 2. The third-order valence-corrected chi connectivity index (χ3v) is 3.81. The summed E-state index contributed by atoms with van der Waals surface area (Å²) in [6, 6.07) is 9.17. The summed E-state index contributed by atoms with van der Waals surface area (Å²) in [5, 5.41) is 0. The molecule has 2 aromatic heterocycles. The highest BCUT2D eigenvalue weighted by molar-refractivity contribution is 5.94. The molecule has 3 heterocycles. The molecule has 1 saturated heterocycles. The van der Waals surface area contributed by atoms with Gasteiger partial charge in [0.15, 0.2) is 0 Å². The minimum atomic E-state index is -4.62. The lowest BCUT2D eigenvalue weighted by Crippen LogP contribution is -2.42. The van der Waals surface area contributed by atoms with Gasteiger partial charge in [-0.1, -0.05) is 6.07 Å². The van der Waals surface area contributed by atoms with E-state index in [9.17, 15) is 18.0 Å². The maximum atomic E-state index is 12.5. The van der Waals surface area contributed by atoms with Gasteiger partial charge in [0.25, 0.3) is 5.91 Å². The Hall–Kier alpha value is -2.02. The van der Waals surface area contributed by atoms with E-state index in [1.165, 1.54) is 0 Å². The molecular formula is C15H15F3N2O2. The van der Waals surface area contributed by atoms with Crippen LogP contribution in [0.15, 0.2) is 36.5 Å². The molecule has 1 aliphatic rings. The summed E-state index contributed by atoms with van der Waals surface area (Å²) in [6.45, 7) is 0.527. The molecule has 0 spiro atoms. The first kappa shape index (κ1) is 14.9. The predicted molar refractivity (Wildman–Crippen MR) is 73.5 cm³/mol. The van der Waals surface area contributed by atoms with E-state index in [1.807, 2.05) is 24.3 Å². The Morgan fingerprint density at radius 1 is 1.14 bits per heavy atom. The standard InChI is InChI=1S/C15H15F3N2O2/c16-15(17,18)22-12-6-9-19(10-7-12)14(21)13-5-4-11-3-1-2-8-20(11)13/h1-5,8,12H,6-7,9-10H2. The van der Waals surface area contributed by atoms with Gasteiger partial charge in [-0.3, -0.25) is 9.53 Å². The van der Waals surface area contributed by atoms with Crippen LogP contribution in [0.5, 0.6) is 0 Å². The third-order valence-electron chi connectivity index (χ3n) is 3.81. The van der Waals surface area contributed by atoms with E-state index in [1.54, 1.807) is 21.6 Å². The fraction of sp³-hybridized carbons (Fsp3) is 0.400. The second kappa shape index (κ2) is 5.64. The zero-order valence-electron chi connectivity index (χ0n) is 11.7. The average Bonchev–Trinajstić information content (AvgIpc) is 2.89. The summed E-state index contributed by atoms with van der Waals surface area (Å²) in [4.78, 5) is 14.1. The Balaban J connectivity index is 1.67. The lowest BCUT2D eigenvalue weighted by Gasteiger charge is -2.32. The van der Waals surface area contributed by atoms with Crippen molar-refractivity contribution in [1.29, 1.82) is 0 Å². The van der Waals surface area contributed by atoms with Crippen molar-refractivity contribution in [3.8, 4) is 0 Å². The number of hydrogen-bond acceptors (Lipinski definition) is 2. The third kappa shape index (κ3) is 3.09. The Kier molecular flexibility index (Phi) is 3.82. The molecule has 0 saturated carbocycles.